The molecule has 0 saturated heterocycles. The second-order valence-electron chi connectivity index (χ2n) is 7.33. The minimum atomic E-state index is -4.10. The molecule has 4 aromatic rings. The molecule has 4 rings (SSSR count). The average Bonchev–Trinajstić information content (AvgIpc) is 3.27. The lowest BCUT2D eigenvalue weighted by molar-refractivity contribution is 0.0743. The standard InChI is InChI=1S/C22H18ClFN4O3S2/c1-13(14-6-9-16(24)10-7-14)28(2)22(29)17-11-8-15(23)12-19(17)27-33(30,31)20-5-3-4-18-21(20)26-32-25-18/h3-13,27H,1-2H3. The Kier molecular flexibility index (Phi) is 6.33. The van der Waals surface area contributed by atoms with Gasteiger partial charge in [-0.1, -0.05) is 29.8 Å². The van der Waals surface area contributed by atoms with E-state index in [0.29, 0.717) is 5.52 Å². The van der Waals surface area contributed by atoms with Crippen LogP contribution in [-0.4, -0.2) is 35.0 Å². The van der Waals surface area contributed by atoms with Gasteiger partial charge in [0.2, 0.25) is 0 Å². The molecule has 0 saturated carbocycles. The molecule has 1 N–H and O–H groups in total. The average molecular weight is 505 g/mol. The number of amides is 1. The Bertz CT molecular complexity index is 1440. The summed E-state index contributed by atoms with van der Waals surface area (Å²) >= 11 is 7.02. The molecule has 3 aromatic carbocycles. The summed E-state index contributed by atoms with van der Waals surface area (Å²) in [5.74, 6) is -0.811. The van der Waals surface area contributed by atoms with Crippen molar-refractivity contribution in [1.29, 1.82) is 0 Å². The Morgan fingerprint density at radius 3 is 2.58 bits per heavy atom. The molecule has 1 atom stereocenters. The van der Waals surface area contributed by atoms with Crippen LogP contribution in [0.25, 0.3) is 11.0 Å². The largest absolute Gasteiger partial charge is 0.335 e. The second kappa shape index (κ2) is 9.05. The van der Waals surface area contributed by atoms with Crippen molar-refractivity contribution in [3.63, 3.8) is 0 Å². The summed E-state index contributed by atoms with van der Waals surface area (Å²) in [6, 6.07) is 14.4. The number of rotatable bonds is 6. The number of anilines is 1. The molecule has 0 radical (unpaired) electrons. The van der Waals surface area contributed by atoms with Gasteiger partial charge in [0.1, 0.15) is 21.7 Å². The van der Waals surface area contributed by atoms with Gasteiger partial charge in [0.15, 0.2) is 0 Å². The van der Waals surface area contributed by atoms with Crippen LogP contribution in [0, 0.1) is 5.82 Å². The quantitative estimate of drug-likeness (QED) is 0.393. The van der Waals surface area contributed by atoms with Crippen molar-refractivity contribution in [2.75, 3.05) is 11.8 Å². The zero-order valence-electron chi connectivity index (χ0n) is 17.5. The van der Waals surface area contributed by atoms with Crippen LogP contribution in [0.4, 0.5) is 10.1 Å². The Morgan fingerprint density at radius 1 is 1.12 bits per heavy atom. The van der Waals surface area contributed by atoms with Crippen molar-refractivity contribution in [3.8, 4) is 0 Å². The maximum Gasteiger partial charge on any atom is 0.264 e. The highest BCUT2D eigenvalue weighted by Gasteiger charge is 2.25. The molecule has 0 aliphatic heterocycles. The lowest BCUT2D eigenvalue weighted by atomic mass is 10.1. The summed E-state index contributed by atoms with van der Waals surface area (Å²) in [6.07, 6.45) is 0. The molecule has 0 fully saturated rings. The van der Waals surface area contributed by atoms with E-state index in [-0.39, 0.29) is 32.5 Å². The van der Waals surface area contributed by atoms with Crippen molar-refractivity contribution < 1.29 is 17.6 Å². The van der Waals surface area contributed by atoms with E-state index in [1.54, 1.807) is 38.2 Å². The molecule has 0 bridgehead atoms. The molecular weight excluding hydrogens is 487 g/mol. The van der Waals surface area contributed by atoms with E-state index in [2.05, 4.69) is 13.5 Å². The van der Waals surface area contributed by atoms with Gasteiger partial charge in [0.05, 0.1) is 29.0 Å². The van der Waals surface area contributed by atoms with E-state index in [1.165, 1.54) is 41.3 Å². The molecule has 7 nitrogen and oxygen atoms in total. The minimum absolute atomic E-state index is 0.0332. The fourth-order valence-electron chi connectivity index (χ4n) is 3.32. The molecule has 170 valence electrons. The van der Waals surface area contributed by atoms with Crippen LogP contribution >= 0.6 is 23.3 Å². The number of hydrogen-bond acceptors (Lipinski definition) is 6. The van der Waals surface area contributed by atoms with Gasteiger partial charge >= 0.3 is 0 Å². The Labute approximate surface area is 199 Å². The van der Waals surface area contributed by atoms with Crippen molar-refractivity contribution in [2.45, 2.75) is 17.9 Å². The molecule has 1 aromatic heterocycles. The predicted octanol–water partition coefficient (Wildman–Crippen LogP) is 5.12. The highest BCUT2D eigenvalue weighted by molar-refractivity contribution is 7.93. The number of nitrogens with zero attached hydrogens (tertiary/aromatic N) is 3. The van der Waals surface area contributed by atoms with Gasteiger partial charge in [-0.15, -0.1) is 0 Å². The molecule has 33 heavy (non-hydrogen) atoms. The number of nitrogens with one attached hydrogen (secondary N) is 1. The normalized spacial score (nSPS) is 12.5. The number of hydrogen-bond donors (Lipinski definition) is 1. The van der Waals surface area contributed by atoms with E-state index >= 15 is 0 Å². The van der Waals surface area contributed by atoms with Crippen LogP contribution < -0.4 is 4.72 Å². The van der Waals surface area contributed by atoms with Crippen LogP contribution in [0.1, 0.15) is 28.9 Å². The Balaban J connectivity index is 1.68. The molecule has 1 amide bonds. The fraction of sp³-hybridized carbons (Fsp3) is 0.136. The number of carbonyl (C=O) groups excluding carboxylic acids is 1. The first-order valence-corrected chi connectivity index (χ1v) is 12.3. The number of fused-ring (bicyclic) bond motifs is 1. The zero-order chi connectivity index (χ0) is 23.8. The summed E-state index contributed by atoms with van der Waals surface area (Å²) < 4.78 is 50.3. The fourth-order valence-corrected chi connectivity index (χ4v) is 5.33. The van der Waals surface area contributed by atoms with Gasteiger partial charge in [-0.05, 0) is 55.0 Å². The third kappa shape index (κ3) is 4.68. The summed E-state index contributed by atoms with van der Waals surface area (Å²) in [4.78, 5) is 14.7. The van der Waals surface area contributed by atoms with Crippen molar-refractivity contribution in [1.82, 2.24) is 13.6 Å². The molecule has 1 heterocycles. The predicted molar refractivity (Wildman–Crippen MR) is 127 cm³/mol. The van der Waals surface area contributed by atoms with Crippen LogP contribution in [0.15, 0.2) is 65.6 Å². The maximum absolute atomic E-state index is 13.3. The van der Waals surface area contributed by atoms with E-state index in [1.807, 2.05) is 0 Å². The monoisotopic (exact) mass is 504 g/mol. The summed E-state index contributed by atoms with van der Waals surface area (Å²) in [5.41, 5.74) is 1.57. The Hall–Kier alpha value is -3.08. The first-order chi connectivity index (χ1) is 15.7. The number of aromatic nitrogens is 2. The molecule has 11 heteroatoms. The van der Waals surface area contributed by atoms with E-state index in [9.17, 15) is 17.6 Å². The van der Waals surface area contributed by atoms with Crippen LogP contribution in [0.2, 0.25) is 5.02 Å². The van der Waals surface area contributed by atoms with Crippen LogP contribution in [0.3, 0.4) is 0 Å². The van der Waals surface area contributed by atoms with Gasteiger partial charge < -0.3 is 4.90 Å². The number of carbonyl (C=O) groups is 1. The Morgan fingerprint density at radius 2 is 1.85 bits per heavy atom. The van der Waals surface area contributed by atoms with Gasteiger partial charge in [0, 0.05) is 12.1 Å². The summed E-state index contributed by atoms with van der Waals surface area (Å²) in [6.45, 7) is 1.79. The van der Waals surface area contributed by atoms with E-state index in [0.717, 1.165) is 17.3 Å². The molecule has 0 aliphatic rings. The second-order valence-corrected chi connectivity index (χ2v) is 9.94. The highest BCUT2D eigenvalue weighted by atomic mass is 35.5. The van der Waals surface area contributed by atoms with E-state index in [4.69, 9.17) is 11.6 Å². The molecule has 0 spiro atoms. The van der Waals surface area contributed by atoms with Gasteiger partial charge in [0.25, 0.3) is 15.9 Å². The van der Waals surface area contributed by atoms with Crippen LogP contribution in [-0.2, 0) is 10.0 Å². The summed E-state index contributed by atoms with van der Waals surface area (Å²) in [7, 11) is -2.51. The maximum atomic E-state index is 13.3. The molecule has 0 aliphatic carbocycles. The highest BCUT2D eigenvalue weighted by Crippen LogP contribution is 2.29. The molecule has 1 unspecified atom stereocenters. The number of sulfonamides is 1. The lowest BCUT2D eigenvalue weighted by Crippen LogP contribution is -2.30. The van der Waals surface area contributed by atoms with Gasteiger partial charge in [-0.2, -0.15) is 8.75 Å². The SMILES string of the molecule is CC(c1ccc(F)cc1)N(C)C(=O)c1ccc(Cl)cc1NS(=O)(=O)c1cccc2nsnc12. The molecular formula is C22H18ClFN4O3S2. The zero-order valence-corrected chi connectivity index (χ0v) is 19.9. The topological polar surface area (TPSA) is 92.3 Å². The smallest absolute Gasteiger partial charge is 0.264 e. The first-order valence-electron chi connectivity index (χ1n) is 9.73. The van der Waals surface area contributed by atoms with Crippen LogP contribution in [0.5, 0.6) is 0 Å². The van der Waals surface area contributed by atoms with Crippen molar-refractivity contribution in [2.24, 2.45) is 0 Å². The third-order valence-electron chi connectivity index (χ3n) is 5.25. The summed E-state index contributed by atoms with van der Waals surface area (Å²) in [5, 5.41) is 0.256. The van der Waals surface area contributed by atoms with Crippen molar-refractivity contribution in [3.05, 3.63) is 82.6 Å². The van der Waals surface area contributed by atoms with Crippen molar-refractivity contribution >= 4 is 56.0 Å². The lowest BCUT2D eigenvalue weighted by Gasteiger charge is -2.26. The number of halogens is 2. The van der Waals surface area contributed by atoms with Gasteiger partial charge in [-0.25, -0.2) is 12.8 Å². The first kappa shape index (κ1) is 23.1. The van der Waals surface area contributed by atoms with E-state index < -0.39 is 22.0 Å². The minimum Gasteiger partial charge on any atom is -0.335 e. The van der Waals surface area contributed by atoms with Gasteiger partial charge in [-0.3, -0.25) is 9.52 Å². The third-order valence-corrected chi connectivity index (χ3v) is 7.42. The number of benzene rings is 3.